The largest absolute Gasteiger partial charge is 0.460 e. The van der Waals surface area contributed by atoms with E-state index in [1.54, 1.807) is 14.0 Å². The lowest BCUT2D eigenvalue weighted by molar-refractivity contribution is -0.110. The Bertz CT molecular complexity index is 1420. The van der Waals surface area contributed by atoms with Gasteiger partial charge in [-0.15, -0.1) is 0 Å². The van der Waals surface area contributed by atoms with Gasteiger partial charge in [-0.2, -0.15) is 0 Å². The Morgan fingerprint density at radius 1 is 1.11 bits per heavy atom. The number of aldehydes is 1. The molecule has 44 heavy (non-hydrogen) atoms. The number of fused-ring (bicyclic) bond motifs is 1. The van der Waals surface area contributed by atoms with Gasteiger partial charge >= 0.3 is 0 Å². The minimum Gasteiger partial charge on any atom is -0.460 e. The van der Waals surface area contributed by atoms with Crippen molar-refractivity contribution in [1.82, 2.24) is 24.3 Å². The quantitative estimate of drug-likeness (QED) is 0.210. The maximum absolute atomic E-state index is 13.6. The smallest absolute Gasteiger partial charge is 0.272 e. The number of carbonyl (C=O) groups excluding carboxylic acids is 3. The first-order valence-electron chi connectivity index (χ1n) is 13.6. The monoisotopic (exact) mass is 629 g/mol. The molecule has 244 valence electrons. The number of Topliss-reactive ketones (excluding diaryl/α,β-unsaturated/α-hetero) is 1. The number of ether oxygens (including phenoxy) is 1. The number of nitrogens with zero attached hydrogens (tertiary/aromatic N) is 4. The summed E-state index contributed by atoms with van der Waals surface area (Å²) in [6.45, 7) is 1.49. The molecule has 4 rings (SSSR count). The molecular weight excluding hydrogens is 590 g/mol. The highest BCUT2D eigenvalue weighted by Crippen LogP contribution is 2.30. The molecule has 1 aromatic carbocycles. The van der Waals surface area contributed by atoms with Crippen molar-refractivity contribution in [2.24, 2.45) is 7.05 Å². The predicted octanol–water partition coefficient (Wildman–Crippen LogP) is 2.80. The molecular formula is C29H39F4N5O6. The third-order valence-electron chi connectivity index (χ3n) is 6.65. The molecule has 1 fully saturated rings. The Morgan fingerprint density at radius 3 is 2.18 bits per heavy atom. The second-order valence-electron chi connectivity index (χ2n) is 9.29. The summed E-state index contributed by atoms with van der Waals surface area (Å²) in [5.41, 5.74) is -0.225. The molecule has 1 amide bonds. The van der Waals surface area contributed by atoms with Gasteiger partial charge in [-0.1, -0.05) is 6.92 Å². The molecule has 1 aliphatic rings. The van der Waals surface area contributed by atoms with E-state index in [0.29, 0.717) is 32.9 Å². The normalized spacial score (nSPS) is 13.0. The molecule has 0 aliphatic carbocycles. The first-order chi connectivity index (χ1) is 21.2. The summed E-state index contributed by atoms with van der Waals surface area (Å²) in [6, 6.07) is 4.95. The van der Waals surface area contributed by atoms with Gasteiger partial charge in [0, 0.05) is 25.1 Å². The van der Waals surface area contributed by atoms with Gasteiger partial charge in [0.25, 0.3) is 11.5 Å². The number of piperidine rings is 1. The summed E-state index contributed by atoms with van der Waals surface area (Å²) in [5.74, 6) is -1.28. The molecule has 0 unspecified atom stereocenters. The Kier molecular flexibility index (Phi) is 16.6. The predicted molar refractivity (Wildman–Crippen MR) is 157 cm³/mol. The third kappa shape index (κ3) is 9.44. The number of likely N-dealkylation sites (tertiary alicyclic amines) is 1. The van der Waals surface area contributed by atoms with Crippen LogP contribution in [0.5, 0.6) is 5.75 Å². The van der Waals surface area contributed by atoms with Crippen LogP contribution in [-0.2, 0) is 24.8 Å². The molecule has 1 aliphatic heterocycles. The van der Waals surface area contributed by atoms with Gasteiger partial charge in [0.05, 0.1) is 27.5 Å². The molecule has 0 radical (unpaired) electrons. The van der Waals surface area contributed by atoms with Gasteiger partial charge in [-0.05, 0) is 57.2 Å². The number of hydrogen-bond donors (Lipinski definition) is 2. The topological polar surface area (TPSA) is 136 Å². The number of aliphatic hydroxyl groups is 1. The molecule has 15 heteroatoms. The maximum Gasteiger partial charge on any atom is 0.272 e. The fourth-order valence-corrected chi connectivity index (χ4v) is 4.57. The number of hydrogen-bond acceptors (Lipinski definition) is 8. The standard InChI is InChI=1S/C25H29F2N5O4.C2H4O2.2CH3F/c1-4-19-29-23-20(25(35)32(19)13-18(33)15-5-7-16(27)8-6-15)22(36-14-26)21(31(23)3)24(34)28-17-9-11-30(2)12-10-17;3-1-2-4;2*1-2/h5-8,17H,4,9-14H2,1-3H3,(H,28,34);1,4H,2H2;2*1H3. The average molecular weight is 630 g/mol. The maximum atomic E-state index is 13.6. The second-order valence-corrected chi connectivity index (χ2v) is 9.29. The van der Waals surface area contributed by atoms with Crippen LogP contribution in [0.15, 0.2) is 29.1 Å². The van der Waals surface area contributed by atoms with Gasteiger partial charge in [0.15, 0.2) is 22.9 Å². The van der Waals surface area contributed by atoms with E-state index in [1.807, 2.05) is 7.05 Å². The fraction of sp³-hybridized carbons (Fsp3) is 0.483. The van der Waals surface area contributed by atoms with Crippen LogP contribution in [0.1, 0.15) is 46.4 Å². The molecule has 0 saturated carbocycles. The second kappa shape index (κ2) is 19.2. The van der Waals surface area contributed by atoms with Crippen LogP contribution >= 0.6 is 0 Å². The van der Waals surface area contributed by atoms with Gasteiger partial charge < -0.3 is 29.4 Å². The highest BCUT2D eigenvalue weighted by Gasteiger charge is 2.30. The van der Waals surface area contributed by atoms with Crippen molar-refractivity contribution in [1.29, 1.82) is 0 Å². The number of aliphatic hydroxyl groups excluding tert-OH is 1. The first kappa shape index (κ1) is 37.9. The number of aryl methyl sites for hydroxylation is 2. The molecule has 0 bridgehead atoms. The van der Waals surface area contributed by atoms with Gasteiger partial charge in [0.2, 0.25) is 6.86 Å². The van der Waals surface area contributed by atoms with Crippen LogP contribution < -0.4 is 15.6 Å². The highest BCUT2D eigenvalue weighted by atomic mass is 19.1. The van der Waals surface area contributed by atoms with Crippen LogP contribution in [0.4, 0.5) is 17.6 Å². The Hall–Kier alpha value is -4.11. The third-order valence-corrected chi connectivity index (χ3v) is 6.65. The van der Waals surface area contributed by atoms with E-state index in [-0.39, 0.29) is 47.2 Å². The van der Waals surface area contributed by atoms with Crippen molar-refractivity contribution in [3.8, 4) is 5.75 Å². The van der Waals surface area contributed by atoms with Crippen molar-refractivity contribution in [3.63, 3.8) is 0 Å². The van der Waals surface area contributed by atoms with Crippen LogP contribution in [0.2, 0.25) is 0 Å². The number of halogens is 4. The minimum atomic E-state index is -1.25. The van der Waals surface area contributed by atoms with Crippen molar-refractivity contribution < 1.29 is 41.8 Å². The van der Waals surface area contributed by atoms with E-state index in [0.717, 1.165) is 38.1 Å². The molecule has 11 nitrogen and oxygen atoms in total. The van der Waals surface area contributed by atoms with Gasteiger partial charge in [0.1, 0.15) is 23.3 Å². The number of carbonyl (C=O) groups is 3. The number of rotatable bonds is 9. The Labute approximate surface area is 252 Å². The van der Waals surface area contributed by atoms with Crippen LogP contribution in [0, 0.1) is 5.82 Å². The van der Waals surface area contributed by atoms with E-state index >= 15 is 0 Å². The Balaban J connectivity index is 0.00000110. The highest BCUT2D eigenvalue weighted by molar-refractivity contribution is 6.03. The van der Waals surface area contributed by atoms with Gasteiger partial charge in [-0.25, -0.2) is 13.8 Å². The number of amides is 1. The van der Waals surface area contributed by atoms with Crippen LogP contribution in [0.25, 0.3) is 11.0 Å². The van der Waals surface area contributed by atoms with Crippen LogP contribution in [-0.4, -0.2) is 96.1 Å². The summed E-state index contributed by atoms with van der Waals surface area (Å²) >= 11 is 0. The zero-order valence-electron chi connectivity index (χ0n) is 25.4. The summed E-state index contributed by atoms with van der Waals surface area (Å²) in [6.07, 6.45) is 2.29. The SMILES string of the molecule is CCc1nc2c(c(OCF)c(C(=O)NC3CCN(C)CC3)n2C)c(=O)n1CC(=O)c1ccc(F)cc1.CF.CF.O=CCO. The number of alkyl halides is 3. The minimum absolute atomic E-state index is 0.00385. The molecule has 2 aromatic heterocycles. The first-order valence-corrected chi connectivity index (χ1v) is 13.6. The average Bonchev–Trinajstić information content (AvgIpc) is 3.32. The van der Waals surface area contributed by atoms with Gasteiger partial charge in [-0.3, -0.25) is 27.7 Å². The zero-order valence-corrected chi connectivity index (χ0v) is 25.4. The van der Waals surface area contributed by atoms with E-state index in [4.69, 9.17) is 14.6 Å². The number of nitrogens with one attached hydrogen (secondary N) is 1. The Morgan fingerprint density at radius 2 is 1.68 bits per heavy atom. The molecule has 0 spiro atoms. The van der Waals surface area contributed by atoms with Crippen molar-refractivity contribution >= 4 is 29.0 Å². The molecule has 3 aromatic rings. The lowest BCUT2D eigenvalue weighted by Crippen LogP contribution is -2.43. The fourth-order valence-electron chi connectivity index (χ4n) is 4.57. The summed E-state index contributed by atoms with van der Waals surface area (Å²) in [4.78, 5) is 55.3. The lowest BCUT2D eigenvalue weighted by Gasteiger charge is -2.29. The molecule has 1 saturated heterocycles. The van der Waals surface area contributed by atoms with Crippen LogP contribution in [0.3, 0.4) is 0 Å². The molecule has 0 atom stereocenters. The lowest BCUT2D eigenvalue weighted by atomic mass is 10.1. The summed E-state index contributed by atoms with van der Waals surface area (Å²) < 4.78 is 53.5. The van der Waals surface area contributed by atoms with E-state index in [1.165, 1.54) is 21.3 Å². The number of benzene rings is 1. The summed E-state index contributed by atoms with van der Waals surface area (Å²) in [7, 11) is 4.58. The molecule has 3 heterocycles. The number of ketones is 1. The van der Waals surface area contributed by atoms with Crippen molar-refractivity contribution in [2.45, 2.75) is 38.8 Å². The van der Waals surface area contributed by atoms with Crippen molar-refractivity contribution in [3.05, 3.63) is 57.5 Å². The summed E-state index contributed by atoms with van der Waals surface area (Å²) in [5, 5.41) is 10.4. The van der Waals surface area contributed by atoms with E-state index in [9.17, 15) is 31.9 Å². The van der Waals surface area contributed by atoms with E-state index in [2.05, 4.69) is 15.2 Å². The molecule has 2 N–H and O–H groups in total. The van der Waals surface area contributed by atoms with E-state index < -0.39 is 29.9 Å². The number of aromatic nitrogens is 3. The van der Waals surface area contributed by atoms with Crippen molar-refractivity contribution in [2.75, 3.05) is 48.0 Å². The zero-order chi connectivity index (χ0) is 33.4.